The molecule has 20 heavy (non-hydrogen) atoms. The van der Waals surface area contributed by atoms with Gasteiger partial charge in [-0.15, -0.1) is 0 Å². The number of nitrogens with two attached hydrogens (primary N) is 1. The van der Waals surface area contributed by atoms with Gasteiger partial charge in [0.2, 0.25) is 0 Å². The molecule has 0 spiro atoms. The summed E-state index contributed by atoms with van der Waals surface area (Å²) in [5.74, 6) is 2.48. The van der Waals surface area contributed by atoms with Crippen molar-refractivity contribution in [3.8, 4) is 5.75 Å². The summed E-state index contributed by atoms with van der Waals surface area (Å²) in [6, 6.07) is 6.40. The van der Waals surface area contributed by atoms with Crippen LogP contribution in [0.25, 0.3) is 0 Å². The first-order valence-electron chi connectivity index (χ1n) is 7.86. The summed E-state index contributed by atoms with van der Waals surface area (Å²) in [4.78, 5) is 0. The van der Waals surface area contributed by atoms with E-state index in [1.807, 2.05) is 0 Å². The Morgan fingerprint density at radius 2 is 2.15 bits per heavy atom. The summed E-state index contributed by atoms with van der Waals surface area (Å²) in [6.07, 6.45) is 5.80. The average molecular weight is 275 g/mol. The fraction of sp³-hybridized carbons (Fsp3) is 0.667. The van der Waals surface area contributed by atoms with Crippen molar-refractivity contribution < 1.29 is 4.74 Å². The predicted octanol–water partition coefficient (Wildman–Crippen LogP) is 4.09. The van der Waals surface area contributed by atoms with Crippen LogP contribution < -0.4 is 10.5 Å². The van der Waals surface area contributed by atoms with E-state index < -0.39 is 0 Å². The van der Waals surface area contributed by atoms with Gasteiger partial charge in [0.15, 0.2) is 0 Å². The van der Waals surface area contributed by atoms with Crippen molar-refractivity contribution in [1.29, 1.82) is 0 Å². The van der Waals surface area contributed by atoms with Crippen molar-refractivity contribution in [3.05, 3.63) is 29.3 Å². The number of hydrogen-bond donors (Lipinski definition) is 1. The Kier molecular flexibility index (Phi) is 4.74. The van der Waals surface area contributed by atoms with E-state index in [2.05, 4.69) is 39.0 Å². The first kappa shape index (κ1) is 15.4. The second kappa shape index (κ2) is 6.17. The van der Waals surface area contributed by atoms with Crippen LogP contribution in [0.1, 0.15) is 50.7 Å². The lowest BCUT2D eigenvalue weighted by Crippen LogP contribution is -2.47. The normalized spacial score (nSPS) is 26.8. The van der Waals surface area contributed by atoms with Gasteiger partial charge in [0, 0.05) is 5.54 Å². The van der Waals surface area contributed by atoms with E-state index in [1.54, 1.807) is 7.11 Å². The molecule has 0 heterocycles. The monoisotopic (exact) mass is 275 g/mol. The van der Waals surface area contributed by atoms with Gasteiger partial charge in [0.25, 0.3) is 0 Å². The molecule has 0 saturated heterocycles. The number of benzene rings is 1. The number of ether oxygens (including phenoxy) is 1. The maximum Gasteiger partial charge on any atom is 0.122 e. The standard InChI is InChI=1S/C18H29NO/c1-13(2)15-6-5-9-18(19,11-15)12-16-10-14(3)7-8-17(16)20-4/h7-8,10,13,15H,5-6,9,11-12,19H2,1-4H3. The molecule has 0 amide bonds. The molecule has 1 saturated carbocycles. The highest BCUT2D eigenvalue weighted by Crippen LogP contribution is 2.38. The van der Waals surface area contributed by atoms with Gasteiger partial charge in [-0.1, -0.05) is 44.4 Å². The number of hydrogen-bond acceptors (Lipinski definition) is 2. The Balaban J connectivity index is 2.17. The van der Waals surface area contributed by atoms with E-state index >= 15 is 0 Å². The lowest BCUT2D eigenvalue weighted by Gasteiger charge is -2.40. The van der Waals surface area contributed by atoms with Crippen LogP contribution in [0, 0.1) is 18.8 Å². The Hall–Kier alpha value is -1.02. The molecule has 1 fully saturated rings. The average Bonchev–Trinajstić information content (AvgIpc) is 2.38. The van der Waals surface area contributed by atoms with E-state index in [0.717, 1.165) is 36.8 Å². The summed E-state index contributed by atoms with van der Waals surface area (Å²) in [7, 11) is 1.75. The third-order valence-corrected chi connectivity index (χ3v) is 4.84. The molecule has 2 rings (SSSR count). The van der Waals surface area contributed by atoms with Crippen LogP contribution in [0.2, 0.25) is 0 Å². The molecule has 1 aromatic rings. The molecule has 0 radical (unpaired) electrons. The maximum atomic E-state index is 6.74. The quantitative estimate of drug-likeness (QED) is 0.898. The minimum atomic E-state index is -0.0612. The van der Waals surface area contributed by atoms with Gasteiger partial charge < -0.3 is 10.5 Å². The minimum Gasteiger partial charge on any atom is -0.496 e. The topological polar surface area (TPSA) is 35.2 Å². The number of aryl methyl sites for hydroxylation is 1. The zero-order valence-electron chi connectivity index (χ0n) is 13.4. The van der Waals surface area contributed by atoms with E-state index in [-0.39, 0.29) is 5.54 Å². The first-order valence-corrected chi connectivity index (χ1v) is 7.86. The molecule has 1 aliphatic rings. The lowest BCUT2D eigenvalue weighted by atomic mass is 9.70. The van der Waals surface area contributed by atoms with Crippen molar-refractivity contribution in [1.82, 2.24) is 0 Å². The van der Waals surface area contributed by atoms with Crippen molar-refractivity contribution in [2.45, 2.75) is 58.4 Å². The number of methoxy groups -OCH3 is 1. The van der Waals surface area contributed by atoms with Crippen LogP contribution >= 0.6 is 0 Å². The maximum absolute atomic E-state index is 6.74. The minimum absolute atomic E-state index is 0.0612. The molecular formula is C18H29NO. The van der Waals surface area contributed by atoms with Crippen molar-refractivity contribution in [2.24, 2.45) is 17.6 Å². The molecular weight excluding hydrogens is 246 g/mol. The number of rotatable bonds is 4. The third-order valence-electron chi connectivity index (χ3n) is 4.84. The largest absolute Gasteiger partial charge is 0.496 e. The summed E-state index contributed by atoms with van der Waals surface area (Å²) in [6.45, 7) is 6.78. The zero-order valence-corrected chi connectivity index (χ0v) is 13.4. The van der Waals surface area contributed by atoms with Crippen LogP contribution in [0.3, 0.4) is 0 Å². The summed E-state index contributed by atoms with van der Waals surface area (Å²) >= 11 is 0. The third kappa shape index (κ3) is 3.54. The smallest absolute Gasteiger partial charge is 0.122 e. The Bertz CT molecular complexity index is 455. The van der Waals surface area contributed by atoms with Crippen LogP contribution in [-0.2, 0) is 6.42 Å². The predicted molar refractivity (Wildman–Crippen MR) is 85.1 cm³/mol. The molecule has 2 unspecified atom stereocenters. The van der Waals surface area contributed by atoms with Crippen molar-refractivity contribution >= 4 is 0 Å². The molecule has 2 atom stereocenters. The molecule has 0 aliphatic heterocycles. The fourth-order valence-electron chi connectivity index (χ4n) is 3.60. The SMILES string of the molecule is COc1ccc(C)cc1CC1(N)CCCC(C(C)C)C1. The molecule has 2 nitrogen and oxygen atoms in total. The molecule has 2 N–H and O–H groups in total. The van der Waals surface area contributed by atoms with Gasteiger partial charge in [-0.2, -0.15) is 0 Å². The van der Waals surface area contributed by atoms with Gasteiger partial charge in [-0.05, 0) is 49.7 Å². The summed E-state index contributed by atoms with van der Waals surface area (Å²) in [5, 5.41) is 0. The molecule has 1 aliphatic carbocycles. The summed E-state index contributed by atoms with van der Waals surface area (Å²) in [5.41, 5.74) is 9.22. The molecule has 0 bridgehead atoms. The van der Waals surface area contributed by atoms with Gasteiger partial charge >= 0.3 is 0 Å². The van der Waals surface area contributed by atoms with Gasteiger partial charge in [0.1, 0.15) is 5.75 Å². The van der Waals surface area contributed by atoms with Crippen LogP contribution in [0.4, 0.5) is 0 Å². The van der Waals surface area contributed by atoms with Gasteiger partial charge in [-0.3, -0.25) is 0 Å². The van der Waals surface area contributed by atoms with Crippen molar-refractivity contribution in [2.75, 3.05) is 7.11 Å². The highest BCUT2D eigenvalue weighted by molar-refractivity contribution is 5.38. The Morgan fingerprint density at radius 1 is 1.40 bits per heavy atom. The second-order valence-corrected chi connectivity index (χ2v) is 6.95. The lowest BCUT2D eigenvalue weighted by molar-refractivity contribution is 0.181. The Labute approximate surface area is 123 Å². The second-order valence-electron chi connectivity index (χ2n) is 6.95. The van der Waals surface area contributed by atoms with E-state index in [9.17, 15) is 0 Å². The molecule has 2 heteroatoms. The molecule has 1 aromatic carbocycles. The highest BCUT2D eigenvalue weighted by Gasteiger charge is 2.34. The highest BCUT2D eigenvalue weighted by atomic mass is 16.5. The van der Waals surface area contributed by atoms with E-state index in [0.29, 0.717) is 0 Å². The summed E-state index contributed by atoms with van der Waals surface area (Å²) < 4.78 is 5.51. The van der Waals surface area contributed by atoms with Crippen LogP contribution in [0.15, 0.2) is 18.2 Å². The fourth-order valence-corrected chi connectivity index (χ4v) is 3.60. The molecule has 0 aromatic heterocycles. The zero-order chi connectivity index (χ0) is 14.8. The van der Waals surface area contributed by atoms with Crippen LogP contribution in [-0.4, -0.2) is 12.6 Å². The Morgan fingerprint density at radius 3 is 2.80 bits per heavy atom. The van der Waals surface area contributed by atoms with Crippen LogP contribution in [0.5, 0.6) is 5.75 Å². The van der Waals surface area contributed by atoms with Gasteiger partial charge in [-0.25, -0.2) is 0 Å². The molecule has 112 valence electrons. The first-order chi connectivity index (χ1) is 9.43. The van der Waals surface area contributed by atoms with Gasteiger partial charge in [0.05, 0.1) is 7.11 Å². The van der Waals surface area contributed by atoms with E-state index in [4.69, 9.17) is 10.5 Å². The van der Waals surface area contributed by atoms with E-state index in [1.165, 1.54) is 24.0 Å². The van der Waals surface area contributed by atoms with Crippen molar-refractivity contribution in [3.63, 3.8) is 0 Å².